The predicted molar refractivity (Wildman–Crippen MR) is 115 cm³/mol. The van der Waals surface area contributed by atoms with Crippen LogP contribution in [0, 0.1) is 5.41 Å². The van der Waals surface area contributed by atoms with Gasteiger partial charge >= 0.3 is 0 Å². The number of aliphatic imine (C=N–C) groups is 1. The second-order valence-corrected chi connectivity index (χ2v) is 7.26. The van der Waals surface area contributed by atoms with Crippen LogP contribution >= 0.6 is 24.0 Å². The first-order valence-corrected chi connectivity index (χ1v) is 9.11. The van der Waals surface area contributed by atoms with Crippen molar-refractivity contribution in [2.45, 2.75) is 32.7 Å². The summed E-state index contributed by atoms with van der Waals surface area (Å²) in [6.07, 6.45) is 2.39. The molecule has 0 aliphatic carbocycles. The topological polar surface area (TPSA) is 48.9 Å². The maximum Gasteiger partial charge on any atom is 0.191 e. The van der Waals surface area contributed by atoms with Crippen LogP contribution in [-0.2, 0) is 4.74 Å². The number of nitrogens with one attached hydrogen (secondary N) is 2. The van der Waals surface area contributed by atoms with E-state index < -0.39 is 0 Å². The Labute approximate surface area is 168 Å². The molecule has 0 saturated carbocycles. The lowest BCUT2D eigenvalue weighted by Gasteiger charge is -2.37. The van der Waals surface area contributed by atoms with Crippen LogP contribution < -0.4 is 15.5 Å². The summed E-state index contributed by atoms with van der Waals surface area (Å²) in [5.41, 5.74) is 1.52. The normalized spacial score (nSPS) is 22.6. The molecule has 0 bridgehead atoms. The predicted octanol–water partition coefficient (Wildman–Crippen LogP) is 2.87. The fraction of sp³-hybridized carbons (Fsp3) is 0.632. The Kier molecular flexibility index (Phi) is 7.81. The highest BCUT2D eigenvalue weighted by Gasteiger charge is 2.33. The number of benzene rings is 1. The molecule has 0 amide bonds. The highest BCUT2D eigenvalue weighted by atomic mass is 127. The van der Waals surface area contributed by atoms with Crippen LogP contribution in [0.15, 0.2) is 35.3 Å². The second-order valence-electron chi connectivity index (χ2n) is 7.26. The Balaban J connectivity index is 0.00000225. The molecule has 6 heteroatoms. The minimum atomic E-state index is 0. The van der Waals surface area contributed by atoms with Gasteiger partial charge in [-0.15, -0.1) is 24.0 Å². The van der Waals surface area contributed by atoms with E-state index in [0.717, 1.165) is 45.4 Å². The summed E-state index contributed by atoms with van der Waals surface area (Å²) in [6, 6.07) is 11.1. The standard InChI is InChI=1S/C19H30N4O.HI/c1-3-20-18(21-13-19(2)14-24-15-19)22-16-8-7-11-23(12-16)17-9-5-4-6-10-17;/h4-6,9-10,16H,3,7-8,11-15H2,1-2H3,(H2,20,21,22);1H. The number of para-hydroxylation sites is 1. The van der Waals surface area contributed by atoms with Gasteiger partial charge in [0.25, 0.3) is 0 Å². The number of hydrogen-bond donors (Lipinski definition) is 2. The SMILES string of the molecule is CCNC(=NCC1(C)COC1)NC1CCCN(c2ccccc2)C1.I. The molecule has 2 N–H and O–H groups in total. The van der Waals surface area contributed by atoms with Crippen LogP contribution in [-0.4, -0.2) is 51.4 Å². The molecule has 140 valence electrons. The van der Waals surface area contributed by atoms with E-state index in [4.69, 9.17) is 9.73 Å². The van der Waals surface area contributed by atoms with Gasteiger partial charge in [-0.3, -0.25) is 4.99 Å². The van der Waals surface area contributed by atoms with Gasteiger partial charge in [-0.1, -0.05) is 25.1 Å². The Morgan fingerprint density at radius 1 is 1.32 bits per heavy atom. The second kappa shape index (κ2) is 9.62. The number of halogens is 1. The average molecular weight is 458 g/mol. The number of ether oxygens (including phenoxy) is 1. The molecule has 2 fully saturated rings. The van der Waals surface area contributed by atoms with E-state index in [1.165, 1.54) is 18.5 Å². The summed E-state index contributed by atoms with van der Waals surface area (Å²) in [7, 11) is 0. The zero-order valence-corrected chi connectivity index (χ0v) is 17.7. The molecule has 1 aromatic carbocycles. The van der Waals surface area contributed by atoms with Crippen LogP contribution in [0.5, 0.6) is 0 Å². The minimum absolute atomic E-state index is 0. The molecular formula is C19H31IN4O. The molecule has 25 heavy (non-hydrogen) atoms. The lowest BCUT2D eigenvalue weighted by Crippen LogP contribution is -2.52. The molecule has 1 unspecified atom stereocenters. The molecule has 3 rings (SSSR count). The van der Waals surface area contributed by atoms with E-state index in [9.17, 15) is 0 Å². The lowest BCUT2D eigenvalue weighted by atomic mass is 9.89. The number of hydrogen-bond acceptors (Lipinski definition) is 3. The van der Waals surface area contributed by atoms with Gasteiger partial charge in [-0.2, -0.15) is 0 Å². The van der Waals surface area contributed by atoms with E-state index in [2.05, 4.69) is 59.7 Å². The molecular weight excluding hydrogens is 427 g/mol. The molecule has 2 heterocycles. The van der Waals surface area contributed by atoms with Crippen molar-refractivity contribution in [2.24, 2.45) is 10.4 Å². The Hall–Kier alpha value is -1.02. The van der Waals surface area contributed by atoms with E-state index in [1.54, 1.807) is 0 Å². The van der Waals surface area contributed by atoms with Crippen LogP contribution in [0.3, 0.4) is 0 Å². The van der Waals surface area contributed by atoms with Crippen molar-refractivity contribution in [3.8, 4) is 0 Å². The lowest BCUT2D eigenvalue weighted by molar-refractivity contribution is -0.0945. The van der Waals surface area contributed by atoms with Crippen molar-refractivity contribution in [2.75, 3.05) is 44.3 Å². The monoisotopic (exact) mass is 458 g/mol. The summed E-state index contributed by atoms with van der Waals surface area (Å²) >= 11 is 0. The summed E-state index contributed by atoms with van der Waals surface area (Å²) in [5.74, 6) is 0.936. The van der Waals surface area contributed by atoms with Gasteiger partial charge in [-0.05, 0) is 31.9 Å². The fourth-order valence-corrected chi connectivity index (χ4v) is 3.29. The van der Waals surface area contributed by atoms with Gasteiger partial charge < -0.3 is 20.3 Å². The van der Waals surface area contributed by atoms with Crippen molar-refractivity contribution >= 4 is 35.6 Å². The maximum atomic E-state index is 5.33. The first-order chi connectivity index (χ1) is 11.7. The molecule has 2 aliphatic heterocycles. The average Bonchev–Trinajstić information content (AvgIpc) is 2.59. The zero-order chi connectivity index (χ0) is 16.8. The fourth-order valence-electron chi connectivity index (χ4n) is 3.29. The van der Waals surface area contributed by atoms with Crippen LogP contribution in [0.1, 0.15) is 26.7 Å². The molecule has 0 radical (unpaired) electrons. The zero-order valence-electron chi connectivity index (χ0n) is 15.3. The molecule has 2 saturated heterocycles. The quantitative estimate of drug-likeness (QED) is 0.405. The first-order valence-electron chi connectivity index (χ1n) is 9.11. The summed E-state index contributed by atoms with van der Waals surface area (Å²) in [5, 5.41) is 7.02. The number of anilines is 1. The van der Waals surface area contributed by atoms with Gasteiger partial charge in [-0.25, -0.2) is 0 Å². The molecule has 0 spiro atoms. The van der Waals surface area contributed by atoms with Crippen molar-refractivity contribution in [1.82, 2.24) is 10.6 Å². The maximum absolute atomic E-state index is 5.33. The van der Waals surface area contributed by atoms with Gasteiger partial charge in [0.15, 0.2) is 5.96 Å². The largest absolute Gasteiger partial charge is 0.380 e. The third kappa shape index (κ3) is 5.74. The van der Waals surface area contributed by atoms with Crippen molar-refractivity contribution < 1.29 is 4.74 Å². The number of guanidine groups is 1. The molecule has 1 atom stereocenters. The Morgan fingerprint density at radius 3 is 2.72 bits per heavy atom. The molecule has 1 aromatic rings. The number of piperidine rings is 1. The van der Waals surface area contributed by atoms with Crippen molar-refractivity contribution in [3.05, 3.63) is 30.3 Å². The molecule has 5 nitrogen and oxygen atoms in total. The van der Waals surface area contributed by atoms with Crippen LogP contribution in [0.25, 0.3) is 0 Å². The summed E-state index contributed by atoms with van der Waals surface area (Å²) in [4.78, 5) is 7.26. The van der Waals surface area contributed by atoms with Gasteiger partial charge in [0.05, 0.1) is 19.8 Å². The minimum Gasteiger partial charge on any atom is -0.380 e. The van der Waals surface area contributed by atoms with Gasteiger partial charge in [0.1, 0.15) is 0 Å². The van der Waals surface area contributed by atoms with Gasteiger partial charge in [0, 0.05) is 36.8 Å². The number of nitrogens with zero attached hydrogens (tertiary/aromatic N) is 2. The summed E-state index contributed by atoms with van der Waals surface area (Å²) in [6.45, 7) is 9.85. The Bertz CT molecular complexity index is 548. The first kappa shape index (κ1) is 20.3. The Morgan fingerprint density at radius 2 is 2.08 bits per heavy atom. The third-order valence-corrected chi connectivity index (χ3v) is 4.75. The van der Waals surface area contributed by atoms with E-state index in [1.807, 2.05) is 0 Å². The highest BCUT2D eigenvalue weighted by Crippen LogP contribution is 2.26. The van der Waals surface area contributed by atoms with E-state index >= 15 is 0 Å². The van der Waals surface area contributed by atoms with Crippen LogP contribution in [0.4, 0.5) is 5.69 Å². The third-order valence-electron chi connectivity index (χ3n) is 4.75. The van der Waals surface area contributed by atoms with Crippen molar-refractivity contribution in [3.63, 3.8) is 0 Å². The van der Waals surface area contributed by atoms with E-state index in [-0.39, 0.29) is 29.4 Å². The van der Waals surface area contributed by atoms with Gasteiger partial charge in [0.2, 0.25) is 0 Å². The van der Waals surface area contributed by atoms with E-state index in [0.29, 0.717) is 6.04 Å². The smallest absolute Gasteiger partial charge is 0.191 e. The molecule has 0 aromatic heterocycles. The molecule has 2 aliphatic rings. The van der Waals surface area contributed by atoms with Crippen molar-refractivity contribution in [1.29, 1.82) is 0 Å². The number of rotatable bonds is 5. The van der Waals surface area contributed by atoms with Crippen LogP contribution in [0.2, 0.25) is 0 Å². The summed E-state index contributed by atoms with van der Waals surface area (Å²) < 4.78 is 5.33. The highest BCUT2D eigenvalue weighted by molar-refractivity contribution is 14.0.